The summed E-state index contributed by atoms with van der Waals surface area (Å²) in [5.41, 5.74) is 0.561. The maximum atomic E-state index is 12.9. The monoisotopic (exact) mass is 318 g/mol. The molecule has 1 aliphatic rings. The van der Waals surface area contributed by atoms with Crippen molar-refractivity contribution in [2.75, 3.05) is 32.5 Å². The van der Waals surface area contributed by atoms with Crippen LogP contribution in [0, 0.1) is 0 Å². The lowest BCUT2D eigenvalue weighted by Gasteiger charge is -2.11. The van der Waals surface area contributed by atoms with E-state index in [2.05, 4.69) is 34.2 Å². The summed E-state index contributed by atoms with van der Waals surface area (Å²) >= 11 is 5.14. The molecule has 0 fully saturated rings. The summed E-state index contributed by atoms with van der Waals surface area (Å²) < 4.78 is 34.5. The number of anilines is 1. The zero-order valence-electron chi connectivity index (χ0n) is 11.8. The van der Waals surface area contributed by atoms with Gasteiger partial charge in [0, 0.05) is 24.7 Å². The van der Waals surface area contributed by atoms with Crippen LogP contribution in [-0.4, -0.2) is 38.6 Å². The van der Waals surface area contributed by atoms with Gasteiger partial charge in [0.15, 0.2) is 16.6 Å². The Morgan fingerprint density at radius 3 is 2.71 bits per heavy atom. The highest BCUT2D eigenvalue weighted by atomic mass is 32.1. The van der Waals surface area contributed by atoms with Gasteiger partial charge in [-0.1, -0.05) is 0 Å². The molecule has 0 aliphatic carbocycles. The van der Waals surface area contributed by atoms with Crippen molar-refractivity contribution in [1.82, 2.24) is 5.32 Å². The predicted octanol–water partition coefficient (Wildman–Crippen LogP) is 0.829. The Hall–Kier alpha value is -1.67. The summed E-state index contributed by atoms with van der Waals surface area (Å²) in [7, 11) is 4.16. The zero-order valence-corrected chi connectivity index (χ0v) is 12.7. The lowest BCUT2D eigenvalue weighted by Crippen LogP contribution is -3.05. The number of fused-ring (bicyclic) bond motifs is 1. The van der Waals surface area contributed by atoms with Crippen molar-refractivity contribution in [3.8, 4) is 11.5 Å². The fourth-order valence-corrected chi connectivity index (χ4v) is 2.07. The van der Waals surface area contributed by atoms with Crippen molar-refractivity contribution in [2.24, 2.45) is 0 Å². The smallest absolute Gasteiger partial charge is 0.395 e. The van der Waals surface area contributed by atoms with Crippen molar-refractivity contribution < 1.29 is 23.2 Å². The highest BCUT2D eigenvalue weighted by Crippen LogP contribution is 2.42. The molecule has 21 heavy (non-hydrogen) atoms. The summed E-state index contributed by atoms with van der Waals surface area (Å²) in [5.74, 6) is 0.00222. The minimum absolute atomic E-state index is 0.0102. The number of alkyl halides is 2. The molecule has 2 rings (SSSR count). The highest BCUT2D eigenvalue weighted by molar-refractivity contribution is 7.80. The normalized spacial score (nSPS) is 15.1. The van der Waals surface area contributed by atoms with Gasteiger partial charge in [-0.2, -0.15) is 0 Å². The number of ether oxygens (including phenoxy) is 2. The topological polar surface area (TPSA) is 47.0 Å². The molecule has 1 aromatic carbocycles. The lowest BCUT2D eigenvalue weighted by atomic mass is 10.3. The number of halogens is 2. The van der Waals surface area contributed by atoms with Gasteiger partial charge in [0.05, 0.1) is 20.6 Å². The van der Waals surface area contributed by atoms with Crippen molar-refractivity contribution >= 4 is 23.0 Å². The molecule has 116 valence electrons. The maximum Gasteiger partial charge on any atom is 0.586 e. The van der Waals surface area contributed by atoms with Crippen molar-refractivity contribution in [3.63, 3.8) is 0 Å². The quantitative estimate of drug-likeness (QED) is 0.554. The summed E-state index contributed by atoms with van der Waals surface area (Å²) in [6.45, 7) is 1.79. The third-order valence-electron chi connectivity index (χ3n) is 2.80. The van der Waals surface area contributed by atoms with Crippen molar-refractivity contribution in [2.45, 2.75) is 12.7 Å². The highest BCUT2D eigenvalue weighted by Gasteiger charge is 2.43. The first kappa shape index (κ1) is 15.7. The van der Waals surface area contributed by atoms with Crippen LogP contribution < -0.4 is 25.0 Å². The van der Waals surface area contributed by atoms with Crippen LogP contribution in [0.4, 0.5) is 14.5 Å². The number of benzene rings is 1. The number of rotatable bonds is 5. The maximum absolute atomic E-state index is 12.9. The molecule has 0 saturated heterocycles. The molecular formula is C13H18F2N3O2S+. The average Bonchev–Trinajstić information content (AvgIpc) is 2.67. The van der Waals surface area contributed by atoms with Crippen LogP contribution in [0.3, 0.4) is 0 Å². The Morgan fingerprint density at radius 1 is 1.29 bits per heavy atom. The van der Waals surface area contributed by atoms with Crippen LogP contribution in [0.1, 0.15) is 6.42 Å². The molecule has 1 aromatic rings. The van der Waals surface area contributed by atoms with E-state index in [1.165, 1.54) is 17.0 Å². The second kappa shape index (κ2) is 6.40. The number of quaternary nitrogens is 1. The van der Waals surface area contributed by atoms with Gasteiger partial charge in [-0.15, -0.1) is 8.78 Å². The molecule has 0 radical (unpaired) electrons. The second-order valence-electron chi connectivity index (χ2n) is 5.02. The van der Waals surface area contributed by atoms with E-state index in [0.717, 1.165) is 19.5 Å². The molecule has 3 N–H and O–H groups in total. The fourth-order valence-electron chi connectivity index (χ4n) is 1.85. The molecule has 8 heteroatoms. The first-order chi connectivity index (χ1) is 9.85. The molecular weight excluding hydrogens is 300 g/mol. The van der Waals surface area contributed by atoms with E-state index in [-0.39, 0.29) is 11.5 Å². The SMILES string of the molecule is C[NH+](C)CCCNC(=S)Nc1ccc2c(c1)OC(F)(F)O2. The number of thiocarbonyl (C=S) groups is 1. The van der Waals surface area contributed by atoms with Crippen molar-refractivity contribution in [3.05, 3.63) is 18.2 Å². The van der Waals surface area contributed by atoms with Gasteiger partial charge in [0.2, 0.25) is 0 Å². The van der Waals surface area contributed by atoms with Gasteiger partial charge in [-0.05, 0) is 24.4 Å². The first-order valence-corrected chi connectivity index (χ1v) is 7.00. The molecule has 0 aromatic heterocycles. The zero-order chi connectivity index (χ0) is 15.5. The molecule has 0 atom stereocenters. The van der Waals surface area contributed by atoms with Gasteiger partial charge in [0.1, 0.15) is 0 Å². The Labute approximate surface area is 127 Å². The minimum Gasteiger partial charge on any atom is -0.395 e. The third kappa shape index (κ3) is 4.68. The van der Waals surface area contributed by atoms with E-state index in [4.69, 9.17) is 12.2 Å². The van der Waals surface area contributed by atoms with E-state index >= 15 is 0 Å². The second-order valence-corrected chi connectivity index (χ2v) is 5.43. The fraction of sp³-hybridized carbons (Fsp3) is 0.462. The standard InChI is InChI=1S/C13H17F2N3O2S/c1-18(2)7-3-6-16-12(21)17-9-4-5-10-11(8-9)20-13(14,15)19-10/h4-5,8H,3,6-7H2,1-2H3,(H2,16,17,21)/p+1. The van der Waals surface area contributed by atoms with Crippen LogP contribution in [0.15, 0.2) is 18.2 Å². The van der Waals surface area contributed by atoms with Gasteiger partial charge >= 0.3 is 6.29 Å². The summed E-state index contributed by atoms with van der Waals surface area (Å²) in [6, 6.07) is 4.44. The molecule has 0 spiro atoms. The van der Waals surface area contributed by atoms with Crippen LogP contribution in [-0.2, 0) is 0 Å². The molecule has 0 amide bonds. The van der Waals surface area contributed by atoms with E-state index in [1.807, 2.05) is 0 Å². The van der Waals surface area contributed by atoms with Gasteiger partial charge in [-0.25, -0.2) is 0 Å². The molecule has 1 aliphatic heterocycles. The Balaban J connectivity index is 1.83. The summed E-state index contributed by atoms with van der Waals surface area (Å²) in [4.78, 5) is 1.37. The lowest BCUT2D eigenvalue weighted by molar-refractivity contribution is -0.858. The first-order valence-electron chi connectivity index (χ1n) is 6.59. The Bertz CT molecular complexity index is 526. The molecule has 0 saturated carbocycles. The van der Waals surface area contributed by atoms with Crippen molar-refractivity contribution in [1.29, 1.82) is 0 Å². The Kier molecular flexibility index (Phi) is 4.79. The van der Waals surface area contributed by atoms with E-state index < -0.39 is 6.29 Å². The van der Waals surface area contributed by atoms with Gasteiger partial charge in [-0.3, -0.25) is 0 Å². The number of nitrogens with one attached hydrogen (secondary N) is 3. The number of hydrogen-bond acceptors (Lipinski definition) is 3. The average molecular weight is 318 g/mol. The van der Waals surface area contributed by atoms with Crippen LogP contribution in [0.2, 0.25) is 0 Å². The van der Waals surface area contributed by atoms with Crippen LogP contribution in [0.5, 0.6) is 11.5 Å². The molecule has 0 unspecified atom stereocenters. The number of hydrogen-bond donors (Lipinski definition) is 3. The Morgan fingerprint density at radius 2 is 2.00 bits per heavy atom. The third-order valence-corrected chi connectivity index (χ3v) is 3.04. The molecule has 0 bridgehead atoms. The van der Waals surface area contributed by atoms with E-state index in [0.29, 0.717) is 10.8 Å². The van der Waals surface area contributed by atoms with E-state index in [9.17, 15) is 8.78 Å². The molecule has 5 nitrogen and oxygen atoms in total. The van der Waals surface area contributed by atoms with E-state index in [1.54, 1.807) is 6.07 Å². The largest absolute Gasteiger partial charge is 0.586 e. The van der Waals surface area contributed by atoms with Gasteiger partial charge < -0.3 is 25.0 Å². The minimum atomic E-state index is -3.60. The summed E-state index contributed by atoms with van der Waals surface area (Å²) in [5, 5.41) is 6.42. The predicted molar refractivity (Wildman–Crippen MR) is 79.2 cm³/mol. The van der Waals surface area contributed by atoms with Crippen LogP contribution >= 0.6 is 12.2 Å². The van der Waals surface area contributed by atoms with Crippen LogP contribution in [0.25, 0.3) is 0 Å². The molecule has 1 heterocycles. The van der Waals surface area contributed by atoms with Gasteiger partial charge in [0.25, 0.3) is 0 Å². The summed E-state index contributed by atoms with van der Waals surface area (Å²) in [6.07, 6.45) is -2.62.